The Balaban J connectivity index is 1.37. The van der Waals surface area contributed by atoms with Crippen LogP contribution >= 0.6 is 0 Å². The second kappa shape index (κ2) is 32.1. The molecule has 0 aromatic heterocycles. The molecule has 1 aliphatic carbocycles. The van der Waals surface area contributed by atoms with E-state index < -0.39 is 5.92 Å². The minimum Gasteiger partial charge on any atom is -0.510 e. The van der Waals surface area contributed by atoms with Crippen molar-refractivity contribution in [1.29, 1.82) is 0 Å². The van der Waals surface area contributed by atoms with E-state index in [-0.39, 0.29) is 11.5 Å². The molecular formula is C54H90N2O2. The molecular weight excluding hydrogens is 709 g/mol. The highest BCUT2D eigenvalue weighted by atomic mass is 16.3. The van der Waals surface area contributed by atoms with Crippen LogP contribution in [0.5, 0.6) is 0 Å². The molecule has 0 radical (unpaired) electrons. The van der Waals surface area contributed by atoms with E-state index in [2.05, 4.69) is 43.0 Å². The first-order valence-corrected chi connectivity index (χ1v) is 25.1. The number of unbranched alkanes of at least 4 members (excludes halogenated alkanes) is 30. The number of hydrogen-bond donors (Lipinski definition) is 1. The summed E-state index contributed by atoms with van der Waals surface area (Å²) in [5, 5.41) is 11.1. The highest BCUT2D eigenvalue weighted by molar-refractivity contribution is 6.31. The SMILES string of the molecule is CCCCCCCCCCCCCCCCCCN(CCCCCCCCCCCCCCCCCC)c1ccc(C2C(=O)C(c3ccc(N(C)C)cc3)=C2O)cc1. The molecule has 1 atom stereocenters. The number of ketones is 1. The Morgan fingerprint density at radius 3 is 1.05 bits per heavy atom. The van der Waals surface area contributed by atoms with E-state index in [1.165, 1.54) is 211 Å². The van der Waals surface area contributed by atoms with Crippen molar-refractivity contribution in [2.24, 2.45) is 0 Å². The molecule has 0 bridgehead atoms. The molecule has 1 aliphatic rings. The maximum atomic E-state index is 13.3. The predicted octanol–water partition coefficient (Wildman–Crippen LogP) is 16.7. The maximum Gasteiger partial charge on any atom is 0.181 e. The van der Waals surface area contributed by atoms with Crippen molar-refractivity contribution in [3.8, 4) is 0 Å². The van der Waals surface area contributed by atoms with E-state index in [9.17, 15) is 9.90 Å². The molecule has 4 heteroatoms. The van der Waals surface area contributed by atoms with Gasteiger partial charge in [0, 0.05) is 38.6 Å². The van der Waals surface area contributed by atoms with Crippen LogP contribution in [0.25, 0.3) is 5.57 Å². The van der Waals surface area contributed by atoms with Gasteiger partial charge < -0.3 is 14.9 Å². The first-order chi connectivity index (χ1) is 28.5. The fourth-order valence-electron chi connectivity index (χ4n) is 8.94. The van der Waals surface area contributed by atoms with Gasteiger partial charge in [0.15, 0.2) is 5.78 Å². The van der Waals surface area contributed by atoms with Gasteiger partial charge in [0.05, 0.1) is 5.57 Å². The van der Waals surface area contributed by atoms with E-state index in [4.69, 9.17) is 0 Å². The standard InChI is InChI=1S/C54H90N2O2/c1-5-7-9-11-13-15-17-19-21-23-25-27-29-31-33-35-45-56(46-36-34-32-30-28-26-24-22-20-18-16-14-12-10-8-6-2)50-43-39-48(40-44-50)52-53(57)51(54(52)58)47-37-41-49(42-38-47)55(3)4/h37-44,52,57H,5-36,45-46H2,1-4H3. The number of aliphatic hydroxyl groups excluding tert-OH is 1. The van der Waals surface area contributed by atoms with Gasteiger partial charge in [-0.05, 0) is 48.2 Å². The van der Waals surface area contributed by atoms with Gasteiger partial charge in [-0.25, -0.2) is 0 Å². The Kier molecular flexibility index (Phi) is 27.4. The number of carbonyl (C=O) groups is 1. The largest absolute Gasteiger partial charge is 0.510 e. The molecule has 4 nitrogen and oxygen atoms in total. The fraction of sp³-hybridized carbons (Fsp3) is 0.722. The Bertz CT molecular complexity index is 1290. The van der Waals surface area contributed by atoms with E-state index >= 15 is 0 Å². The predicted molar refractivity (Wildman–Crippen MR) is 256 cm³/mol. The summed E-state index contributed by atoms with van der Waals surface area (Å²) in [5.41, 5.74) is 4.48. The molecule has 2 aromatic carbocycles. The molecule has 1 unspecified atom stereocenters. The van der Waals surface area contributed by atoms with Crippen molar-refractivity contribution in [1.82, 2.24) is 0 Å². The van der Waals surface area contributed by atoms with E-state index in [1.807, 2.05) is 43.3 Å². The summed E-state index contributed by atoms with van der Waals surface area (Å²) in [5.74, 6) is -0.332. The van der Waals surface area contributed by atoms with Gasteiger partial charge in [-0.2, -0.15) is 0 Å². The second-order valence-corrected chi connectivity index (χ2v) is 18.2. The molecule has 0 amide bonds. The van der Waals surface area contributed by atoms with Crippen LogP contribution in [0, 0.1) is 0 Å². The number of anilines is 2. The van der Waals surface area contributed by atoms with Gasteiger partial charge in [0.1, 0.15) is 11.7 Å². The van der Waals surface area contributed by atoms with Crippen LogP contribution in [0.1, 0.15) is 236 Å². The molecule has 0 heterocycles. The summed E-state index contributed by atoms with van der Waals surface area (Å²) in [6, 6.07) is 16.4. The van der Waals surface area contributed by atoms with Gasteiger partial charge in [-0.15, -0.1) is 0 Å². The number of benzene rings is 2. The zero-order chi connectivity index (χ0) is 41.5. The summed E-state index contributed by atoms with van der Waals surface area (Å²) in [6.45, 7) is 6.79. The highest BCUT2D eigenvalue weighted by Gasteiger charge is 2.41. The van der Waals surface area contributed by atoms with Crippen molar-refractivity contribution in [2.45, 2.75) is 225 Å². The number of hydrogen-bond acceptors (Lipinski definition) is 4. The van der Waals surface area contributed by atoms with Crippen molar-refractivity contribution in [3.63, 3.8) is 0 Å². The van der Waals surface area contributed by atoms with Crippen LogP contribution in [0.15, 0.2) is 54.3 Å². The van der Waals surface area contributed by atoms with Crippen LogP contribution in [-0.4, -0.2) is 38.1 Å². The number of carbonyl (C=O) groups excluding carboxylic acids is 1. The van der Waals surface area contributed by atoms with Crippen LogP contribution in [0.3, 0.4) is 0 Å². The lowest BCUT2D eigenvalue weighted by Crippen LogP contribution is -2.29. The van der Waals surface area contributed by atoms with Crippen molar-refractivity contribution >= 4 is 22.7 Å². The number of aliphatic hydroxyl groups is 1. The second-order valence-electron chi connectivity index (χ2n) is 18.2. The van der Waals surface area contributed by atoms with Crippen molar-refractivity contribution in [3.05, 3.63) is 65.4 Å². The van der Waals surface area contributed by atoms with Gasteiger partial charge >= 0.3 is 0 Å². The topological polar surface area (TPSA) is 43.8 Å². The third kappa shape index (κ3) is 20.0. The highest BCUT2D eigenvalue weighted by Crippen LogP contribution is 2.43. The Morgan fingerprint density at radius 2 is 0.741 bits per heavy atom. The molecule has 0 spiro atoms. The van der Waals surface area contributed by atoms with Gasteiger partial charge in [-0.3, -0.25) is 4.79 Å². The minimum atomic E-state index is -0.549. The Labute approximate surface area is 359 Å². The third-order valence-electron chi connectivity index (χ3n) is 12.9. The lowest BCUT2D eigenvalue weighted by Gasteiger charge is -2.30. The first kappa shape index (κ1) is 49.6. The number of allylic oxidation sites excluding steroid dienone is 2. The summed E-state index contributed by atoms with van der Waals surface area (Å²) in [4.78, 5) is 18.0. The lowest BCUT2D eigenvalue weighted by molar-refractivity contribution is -0.116. The summed E-state index contributed by atoms with van der Waals surface area (Å²) >= 11 is 0. The summed E-state index contributed by atoms with van der Waals surface area (Å²) < 4.78 is 0. The maximum absolute atomic E-state index is 13.3. The van der Waals surface area contributed by atoms with E-state index in [0.717, 1.165) is 29.9 Å². The average molecular weight is 799 g/mol. The molecule has 0 aliphatic heterocycles. The normalized spacial score (nSPS) is 14.0. The Hall–Kier alpha value is -2.75. The minimum absolute atomic E-state index is 0.0149. The summed E-state index contributed by atoms with van der Waals surface area (Å²) in [6.07, 6.45) is 44.6. The quantitative estimate of drug-likeness (QED) is 0.0687. The number of Topliss-reactive ketones (excluding diaryl/α,β-unsaturated/α-hetero) is 1. The molecule has 0 saturated heterocycles. The number of nitrogens with zero attached hydrogens (tertiary/aromatic N) is 2. The number of rotatable bonds is 38. The van der Waals surface area contributed by atoms with Crippen molar-refractivity contribution in [2.75, 3.05) is 37.0 Å². The zero-order valence-corrected chi connectivity index (χ0v) is 38.5. The first-order valence-electron chi connectivity index (χ1n) is 25.1. The van der Waals surface area contributed by atoms with Crippen LogP contribution < -0.4 is 9.80 Å². The molecule has 3 rings (SSSR count). The molecule has 58 heavy (non-hydrogen) atoms. The third-order valence-corrected chi connectivity index (χ3v) is 12.9. The van der Waals surface area contributed by atoms with Crippen molar-refractivity contribution < 1.29 is 9.90 Å². The van der Waals surface area contributed by atoms with Gasteiger partial charge in [0.2, 0.25) is 0 Å². The average Bonchev–Trinajstić information content (AvgIpc) is 3.23. The molecule has 2 aromatic rings. The van der Waals surface area contributed by atoms with E-state index in [1.54, 1.807) is 0 Å². The zero-order valence-electron chi connectivity index (χ0n) is 38.5. The molecule has 0 fully saturated rings. The summed E-state index contributed by atoms with van der Waals surface area (Å²) in [7, 11) is 4.01. The molecule has 328 valence electrons. The molecule has 0 saturated carbocycles. The Morgan fingerprint density at radius 1 is 0.431 bits per heavy atom. The van der Waals surface area contributed by atoms with Crippen LogP contribution in [0.4, 0.5) is 11.4 Å². The molecule has 1 N–H and O–H groups in total. The lowest BCUT2D eigenvalue weighted by atomic mass is 9.75. The fourth-order valence-corrected chi connectivity index (χ4v) is 8.94. The smallest absolute Gasteiger partial charge is 0.181 e. The van der Waals surface area contributed by atoms with Gasteiger partial charge in [-0.1, -0.05) is 231 Å². The van der Waals surface area contributed by atoms with Crippen LogP contribution in [0.2, 0.25) is 0 Å². The van der Waals surface area contributed by atoms with E-state index in [0.29, 0.717) is 5.57 Å². The van der Waals surface area contributed by atoms with Gasteiger partial charge in [0.25, 0.3) is 0 Å². The van der Waals surface area contributed by atoms with Crippen LogP contribution in [-0.2, 0) is 4.79 Å². The monoisotopic (exact) mass is 799 g/mol.